The summed E-state index contributed by atoms with van der Waals surface area (Å²) in [5, 5.41) is 12.2. The smallest absolute Gasteiger partial charge is 0.471 e. The van der Waals surface area contributed by atoms with Gasteiger partial charge in [-0.2, -0.15) is 13.2 Å². The van der Waals surface area contributed by atoms with Crippen LogP contribution in [-0.4, -0.2) is 47.6 Å². The van der Waals surface area contributed by atoms with Gasteiger partial charge < -0.3 is 15.3 Å². The Hall–Kier alpha value is -2.25. The topological polar surface area (TPSA) is 69.6 Å². The molecule has 1 saturated heterocycles. The lowest BCUT2D eigenvalue weighted by Gasteiger charge is -2.31. The molecule has 1 aliphatic rings. The molecule has 0 radical (unpaired) electrons. The van der Waals surface area contributed by atoms with Crippen molar-refractivity contribution in [3.8, 4) is 5.75 Å². The molecule has 138 valence electrons. The van der Waals surface area contributed by atoms with Crippen molar-refractivity contribution >= 4 is 11.8 Å². The second kappa shape index (κ2) is 8.22. The van der Waals surface area contributed by atoms with Crippen LogP contribution in [0.25, 0.3) is 0 Å². The van der Waals surface area contributed by atoms with Gasteiger partial charge in [0.2, 0.25) is 5.91 Å². The molecule has 0 bridgehead atoms. The van der Waals surface area contributed by atoms with Crippen LogP contribution < -0.4 is 5.32 Å². The number of nitrogens with zero attached hydrogens (tertiary/aromatic N) is 1. The molecular weight excluding hydrogens is 337 g/mol. The fourth-order valence-electron chi connectivity index (χ4n) is 2.88. The van der Waals surface area contributed by atoms with Gasteiger partial charge in [0.15, 0.2) is 0 Å². The van der Waals surface area contributed by atoms with E-state index in [1.807, 2.05) is 6.07 Å². The first-order valence-corrected chi connectivity index (χ1v) is 8.19. The number of nitrogens with one attached hydrogen (secondary N) is 1. The zero-order valence-corrected chi connectivity index (χ0v) is 13.7. The summed E-state index contributed by atoms with van der Waals surface area (Å²) in [7, 11) is 0. The van der Waals surface area contributed by atoms with Gasteiger partial charge in [-0.3, -0.25) is 9.59 Å². The van der Waals surface area contributed by atoms with Crippen molar-refractivity contribution in [2.45, 2.75) is 31.9 Å². The van der Waals surface area contributed by atoms with E-state index in [1.54, 1.807) is 18.2 Å². The van der Waals surface area contributed by atoms with E-state index in [0.717, 1.165) is 10.5 Å². The number of halogens is 3. The second-order valence-corrected chi connectivity index (χ2v) is 6.13. The number of carbonyl (C=O) groups is 2. The molecule has 0 atom stereocenters. The van der Waals surface area contributed by atoms with Crippen LogP contribution in [0.4, 0.5) is 13.2 Å². The summed E-state index contributed by atoms with van der Waals surface area (Å²) < 4.78 is 37.1. The van der Waals surface area contributed by atoms with Crippen molar-refractivity contribution in [1.82, 2.24) is 10.2 Å². The third kappa shape index (κ3) is 5.65. The molecule has 0 aliphatic carbocycles. The second-order valence-electron chi connectivity index (χ2n) is 6.13. The summed E-state index contributed by atoms with van der Waals surface area (Å²) in [5.41, 5.74) is 0.966. The predicted molar refractivity (Wildman–Crippen MR) is 84.8 cm³/mol. The highest BCUT2D eigenvalue weighted by Gasteiger charge is 2.43. The van der Waals surface area contributed by atoms with Gasteiger partial charge in [-0.05, 0) is 43.4 Å². The maximum atomic E-state index is 12.4. The molecule has 0 spiro atoms. The number of phenols is 1. The Kier molecular flexibility index (Phi) is 6.27. The van der Waals surface area contributed by atoms with Gasteiger partial charge in [0, 0.05) is 25.6 Å². The average molecular weight is 358 g/mol. The van der Waals surface area contributed by atoms with Crippen LogP contribution in [0, 0.1) is 5.92 Å². The van der Waals surface area contributed by atoms with Gasteiger partial charge in [-0.15, -0.1) is 0 Å². The number of likely N-dealkylation sites (tertiary alicyclic amines) is 1. The van der Waals surface area contributed by atoms with E-state index >= 15 is 0 Å². The molecule has 25 heavy (non-hydrogen) atoms. The minimum Gasteiger partial charge on any atom is -0.508 e. The average Bonchev–Trinajstić information content (AvgIpc) is 2.57. The Morgan fingerprint density at radius 3 is 2.52 bits per heavy atom. The fourth-order valence-corrected chi connectivity index (χ4v) is 2.88. The summed E-state index contributed by atoms with van der Waals surface area (Å²) in [6.45, 7) is 0.343. The number of amides is 2. The number of hydrogen-bond acceptors (Lipinski definition) is 3. The SMILES string of the molecule is O=C(NCCCc1cccc(O)c1)C1CCN(C(=O)C(F)(F)F)CC1. The van der Waals surface area contributed by atoms with Gasteiger partial charge in [-0.25, -0.2) is 0 Å². The van der Waals surface area contributed by atoms with Gasteiger partial charge in [0.1, 0.15) is 5.75 Å². The fraction of sp³-hybridized carbons (Fsp3) is 0.529. The van der Waals surface area contributed by atoms with Crippen LogP contribution in [0.15, 0.2) is 24.3 Å². The third-order valence-corrected chi connectivity index (χ3v) is 4.25. The quantitative estimate of drug-likeness (QED) is 0.793. The molecule has 2 amide bonds. The van der Waals surface area contributed by atoms with E-state index in [4.69, 9.17) is 0 Å². The molecule has 1 fully saturated rings. The van der Waals surface area contributed by atoms with E-state index in [0.29, 0.717) is 19.4 Å². The molecule has 1 aromatic carbocycles. The van der Waals surface area contributed by atoms with Crippen molar-refractivity contribution in [3.05, 3.63) is 29.8 Å². The molecule has 1 aromatic rings. The van der Waals surface area contributed by atoms with Crippen LogP contribution in [0.1, 0.15) is 24.8 Å². The maximum Gasteiger partial charge on any atom is 0.471 e. The summed E-state index contributed by atoms with van der Waals surface area (Å²) in [4.78, 5) is 24.0. The van der Waals surface area contributed by atoms with Crippen LogP contribution in [0.2, 0.25) is 0 Å². The lowest BCUT2D eigenvalue weighted by Crippen LogP contribution is -2.47. The first-order chi connectivity index (χ1) is 11.8. The standard InChI is InChI=1S/C17H21F3N2O3/c18-17(19,20)16(25)22-9-6-13(7-10-22)15(24)21-8-2-4-12-3-1-5-14(23)11-12/h1,3,5,11,13,23H,2,4,6-10H2,(H,21,24). The van der Waals surface area contributed by atoms with Crippen molar-refractivity contribution in [2.75, 3.05) is 19.6 Å². The van der Waals surface area contributed by atoms with E-state index in [9.17, 15) is 27.9 Å². The summed E-state index contributed by atoms with van der Waals surface area (Å²) >= 11 is 0. The molecule has 5 nitrogen and oxygen atoms in total. The highest BCUT2D eigenvalue weighted by molar-refractivity contribution is 5.83. The van der Waals surface area contributed by atoms with Crippen LogP contribution >= 0.6 is 0 Å². The Morgan fingerprint density at radius 2 is 1.92 bits per heavy atom. The number of carbonyl (C=O) groups excluding carboxylic acids is 2. The molecule has 0 unspecified atom stereocenters. The molecule has 8 heteroatoms. The highest BCUT2D eigenvalue weighted by Crippen LogP contribution is 2.24. The van der Waals surface area contributed by atoms with E-state index < -0.39 is 12.1 Å². The van der Waals surface area contributed by atoms with E-state index in [2.05, 4.69) is 5.32 Å². The maximum absolute atomic E-state index is 12.4. The zero-order valence-electron chi connectivity index (χ0n) is 13.7. The van der Waals surface area contributed by atoms with Crippen LogP contribution in [0.5, 0.6) is 5.75 Å². The summed E-state index contributed by atoms with van der Waals surface area (Å²) in [5.74, 6) is -2.19. The van der Waals surface area contributed by atoms with Crippen LogP contribution in [0.3, 0.4) is 0 Å². The van der Waals surface area contributed by atoms with Crippen molar-refractivity contribution in [1.29, 1.82) is 0 Å². The van der Waals surface area contributed by atoms with Crippen molar-refractivity contribution in [3.63, 3.8) is 0 Å². The Morgan fingerprint density at radius 1 is 1.24 bits per heavy atom. The highest BCUT2D eigenvalue weighted by atomic mass is 19.4. The molecular formula is C17H21F3N2O3. The molecule has 2 rings (SSSR count). The number of rotatable bonds is 5. The lowest BCUT2D eigenvalue weighted by molar-refractivity contribution is -0.186. The molecule has 0 saturated carbocycles. The minimum absolute atomic E-state index is 0.0558. The lowest BCUT2D eigenvalue weighted by atomic mass is 9.95. The minimum atomic E-state index is -4.86. The Bertz CT molecular complexity index is 611. The van der Waals surface area contributed by atoms with Crippen LogP contribution in [-0.2, 0) is 16.0 Å². The number of alkyl halides is 3. The number of phenolic OH excluding ortho intramolecular Hbond substituents is 1. The molecule has 0 aromatic heterocycles. The monoisotopic (exact) mass is 358 g/mol. The largest absolute Gasteiger partial charge is 0.508 e. The molecule has 1 aliphatic heterocycles. The number of aromatic hydroxyl groups is 1. The zero-order chi connectivity index (χ0) is 18.4. The normalized spacial score (nSPS) is 15.9. The van der Waals surface area contributed by atoms with E-state index in [1.165, 1.54) is 0 Å². The van der Waals surface area contributed by atoms with Crippen molar-refractivity contribution < 1.29 is 27.9 Å². The number of aryl methyl sites for hydroxylation is 1. The Labute approximate surface area is 143 Å². The van der Waals surface area contributed by atoms with E-state index in [-0.39, 0.29) is 43.5 Å². The third-order valence-electron chi connectivity index (χ3n) is 4.25. The number of piperidine rings is 1. The number of hydrogen-bond donors (Lipinski definition) is 2. The number of benzene rings is 1. The first-order valence-electron chi connectivity index (χ1n) is 8.19. The van der Waals surface area contributed by atoms with Gasteiger partial charge in [0.25, 0.3) is 0 Å². The predicted octanol–water partition coefficient (Wildman–Crippen LogP) is 2.24. The Balaban J connectivity index is 1.68. The summed E-state index contributed by atoms with van der Waals surface area (Å²) in [6, 6.07) is 6.88. The molecule has 1 heterocycles. The first kappa shape index (κ1) is 19.1. The van der Waals surface area contributed by atoms with Gasteiger partial charge in [0.05, 0.1) is 0 Å². The summed E-state index contributed by atoms with van der Waals surface area (Å²) in [6.07, 6.45) is -2.99. The van der Waals surface area contributed by atoms with Gasteiger partial charge in [-0.1, -0.05) is 12.1 Å². The van der Waals surface area contributed by atoms with Gasteiger partial charge >= 0.3 is 12.1 Å². The molecule has 2 N–H and O–H groups in total. The van der Waals surface area contributed by atoms with Crippen molar-refractivity contribution in [2.24, 2.45) is 5.92 Å².